The highest BCUT2D eigenvalue weighted by Gasteiger charge is 2.24. The Bertz CT molecular complexity index is 823. The Kier molecular flexibility index (Phi) is 6.25. The van der Waals surface area contributed by atoms with Gasteiger partial charge in [0, 0.05) is 11.1 Å². The number of thiazole rings is 1. The van der Waals surface area contributed by atoms with E-state index in [1.807, 2.05) is 38.1 Å². The van der Waals surface area contributed by atoms with Gasteiger partial charge >= 0.3 is 5.97 Å². The van der Waals surface area contributed by atoms with Gasteiger partial charge in [-0.05, 0) is 38.0 Å². The first-order valence-corrected chi connectivity index (χ1v) is 8.48. The Labute approximate surface area is 150 Å². The third kappa shape index (κ3) is 5.13. The second-order valence-electron chi connectivity index (χ2n) is 5.57. The normalized spacial score (nSPS) is 11.4. The van der Waals surface area contributed by atoms with Crippen LogP contribution in [0.4, 0.5) is 0 Å². The highest BCUT2D eigenvalue weighted by atomic mass is 32.1. The first kappa shape index (κ1) is 18.6. The van der Waals surface area contributed by atoms with Crippen molar-refractivity contribution in [1.82, 2.24) is 4.98 Å². The number of ketones is 1. The van der Waals surface area contributed by atoms with Crippen molar-refractivity contribution in [2.75, 3.05) is 13.2 Å². The van der Waals surface area contributed by atoms with Crippen LogP contribution in [-0.4, -0.2) is 30.0 Å². The standard InChI is InChI=1S/C18H18N2O4S/c1-11-4-5-12(2)16(6-11)23-9-17(22)24-8-15(21)14(7-19)18-20-13(3)10-25-18/h4-6,10,14H,8-9H2,1-3H3/t14-/m0/s1. The molecule has 0 aliphatic rings. The van der Waals surface area contributed by atoms with E-state index in [1.54, 1.807) is 12.3 Å². The van der Waals surface area contributed by atoms with Crippen LogP contribution in [0.15, 0.2) is 23.6 Å². The quantitative estimate of drug-likeness (QED) is 0.707. The fourth-order valence-electron chi connectivity index (χ4n) is 2.05. The maximum atomic E-state index is 12.1. The smallest absolute Gasteiger partial charge is 0.344 e. The van der Waals surface area contributed by atoms with E-state index in [4.69, 9.17) is 14.7 Å². The van der Waals surface area contributed by atoms with Gasteiger partial charge in [-0.15, -0.1) is 11.3 Å². The molecule has 130 valence electrons. The molecule has 1 aromatic carbocycles. The molecule has 1 heterocycles. The predicted octanol–water partition coefficient (Wildman–Crippen LogP) is 2.87. The number of aromatic nitrogens is 1. The number of benzene rings is 1. The second kappa shape index (κ2) is 8.40. The van der Waals surface area contributed by atoms with Crippen LogP contribution in [0, 0.1) is 32.1 Å². The number of hydrogen-bond acceptors (Lipinski definition) is 7. The van der Waals surface area contributed by atoms with E-state index in [0.717, 1.165) is 16.8 Å². The summed E-state index contributed by atoms with van der Waals surface area (Å²) in [5.74, 6) is -1.60. The topological polar surface area (TPSA) is 89.3 Å². The molecule has 0 amide bonds. The zero-order chi connectivity index (χ0) is 18.4. The summed E-state index contributed by atoms with van der Waals surface area (Å²) in [5, 5.41) is 11.3. The Morgan fingerprint density at radius 2 is 2.04 bits per heavy atom. The van der Waals surface area contributed by atoms with E-state index in [9.17, 15) is 9.59 Å². The number of ether oxygens (including phenoxy) is 2. The largest absolute Gasteiger partial charge is 0.482 e. The molecule has 0 aliphatic carbocycles. The molecule has 0 saturated heterocycles. The first-order chi connectivity index (χ1) is 11.9. The number of carbonyl (C=O) groups excluding carboxylic acids is 2. The Morgan fingerprint density at radius 3 is 2.68 bits per heavy atom. The fourth-order valence-corrected chi connectivity index (χ4v) is 2.91. The summed E-state index contributed by atoms with van der Waals surface area (Å²) in [6, 6.07) is 7.57. The van der Waals surface area contributed by atoms with Crippen LogP contribution in [0.2, 0.25) is 0 Å². The zero-order valence-corrected chi connectivity index (χ0v) is 15.1. The molecular weight excluding hydrogens is 340 g/mol. The maximum absolute atomic E-state index is 12.1. The minimum Gasteiger partial charge on any atom is -0.482 e. The number of hydrogen-bond donors (Lipinski definition) is 0. The van der Waals surface area contributed by atoms with Crippen LogP contribution in [0.25, 0.3) is 0 Å². The molecule has 0 spiro atoms. The molecule has 6 nitrogen and oxygen atoms in total. The van der Waals surface area contributed by atoms with E-state index in [1.165, 1.54) is 11.3 Å². The molecule has 0 aliphatic heterocycles. The molecule has 25 heavy (non-hydrogen) atoms. The molecular formula is C18H18N2O4S. The summed E-state index contributed by atoms with van der Waals surface area (Å²) in [4.78, 5) is 28.0. The number of carbonyl (C=O) groups is 2. The molecule has 0 saturated carbocycles. The van der Waals surface area contributed by atoms with Crippen molar-refractivity contribution >= 4 is 23.1 Å². The number of rotatable bonds is 7. The molecule has 0 radical (unpaired) electrons. The van der Waals surface area contributed by atoms with Crippen molar-refractivity contribution in [3.8, 4) is 11.8 Å². The summed E-state index contributed by atoms with van der Waals surface area (Å²) in [5.41, 5.74) is 2.66. The Hall–Kier alpha value is -2.72. The molecule has 2 aromatic rings. The maximum Gasteiger partial charge on any atom is 0.344 e. The van der Waals surface area contributed by atoms with Crippen molar-refractivity contribution in [3.05, 3.63) is 45.4 Å². The number of nitriles is 1. The van der Waals surface area contributed by atoms with E-state index in [-0.39, 0.29) is 6.61 Å². The predicted molar refractivity (Wildman–Crippen MR) is 92.6 cm³/mol. The van der Waals surface area contributed by atoms with Crippen LogP contribution < -0.4 is 4.74 Å². The average Bonchev–Trinajstić information content (AvgIpc) is 3.00. The molecule has 0 unspecified atom stereocenters. The van der Waals surface area contributed by atoms with E-state index in [0.29, 0.717) is 10.8 Å². The van der Waals surface area contributed by atoms with Gasteiger partial charge < -0.3 is 9.47 Å². The van der Waals surface area contributed by atoms with Crippen LogP contribution >= 0.6 is 11.3 Å². The van der Waals surface area contributed by atoms with Crippen LogP contribution in [0.3, 0.4) is 0 Å². The molecule has 1 aromatic heterocycles. The number of aryl methyl sites for hydroxylation is 3. The van der Waals surface area contributed by atoms with Gasteiger partial charge in [-0.1, -0.05) is 12.1 Å². The summed E-state index contributed by atoms with van der Waals surface area (Å²) in [7, 11) is 0. The lowest BCUT2D eigenvalue weighted by molar-refractivity contribution is -0.150. The number of Topliss-reactive ketones (excluding diaryl/α,β-unsaturated/α-hetero) is 1. The summed E-state index contributed by atoms with van der Waals surface area (Å²) < 4.78 is 10.3. The van der Waals surface area contributed by atoms with Gasteiger partial charge in [-0.2, -0.15) is 5.26 Å². The molecule has 7 heteroatoms. The summed E-state index contributed by atoms with van der Waals surface area (Å²) >= 11 is 1.24. The summed E-state index contributed by atoms with van der Waals surface area (Å²) in [6.07, 6.45) is 0. The molecule has 0 N–H and O–H groups in total. The van der Waals surface area contributed by atoms with Gasteiger partial charge in [-0.25, -0.2) is 9.78 Å². The van der Waals surface area contributed by atoms with Crippen molar-refractivity contribution in [3.63, 3.8) is 0 Å². The third-order valence-corrected chi connectivity index (χ3v) is 4.43. The van der Waals surface area contributed by atoms with E-state index >= 15 is 0 Å². The molecule has 1 atom stereocenters. The molecule has 0 bridgehead atoms. The van der Waals surface area contributed by atoms with Gasteiger partial charge in [0.15, 0.2) is 24.9 Å². The summed E-state index contributed by atoms with van der Waals surface area (Å²) in [6.45, 7) is 4.80. The van der Waals surface area contributed by atoms with Gasteiger partial charge in [0.05, 0.1) is 6.07 Å². The van der Waals surface area contributed by atoms with Crippen molar-refractivity contribution in [2.45, 2.75) is 26.7 Å². The van der Waals surface area contributed by atoms with Crippen LogP contribution in [0.1, 0.15) is 27.7 Å². The molecule has 0 fully saturated rings. The Balaban J connectivity index is 1.85. The zero-order valence-electron chi connectivity index (χ0n) is 14.2. The van der Waals surface area contributed by atoms with Gasteiger partial charge in [-0.3, -0.25) is 4.79 Å². The number of nitrogens with zero attached hydrogens (tertiary/aromatic N) is 2. The Morgan fingerprint density at radius 1 is 1.28 bits per heavy atom. The van der Waals surface area contributed by atoms with Crippen molar-refractivity contribution < 1.29 is 19.1 Å². The third-order valence-electron chi connectivity index (χ3n) is 3.40. The average molecular weight is 358 g/mol. The van der Waals surface area contributed by atoms with Crippen molar-refractivity contribution in [2.24, 2.45) is 0 Å². The van der Waals surface area contributed by atoms with Crippen LogP contribution in [0.5, 0.6) is 5.75 Å². The molecule has 2 rings (SSSR count). The van der Waals surface area contributed by atoms with E-state index in [2.05, 4.69) is 4.98 Å². The fraction of sp³-hybridized carbons (Fsp3) is 0.333. The second-order valence-corrected chi connectivity index (χ2v) is 6.46. The minimum absolute atomic E-state index is 0.300. The lowest BCUT2D eigenvalue weighted by Crippen LogP contribution is -2.23. The highest BCUT2D eigenvalue weighted by molar-refractivity contribution is 7.09. The van der Waals surface area contributed by atoms with Gasteiger partial charge in [0.1, 0.15) is 10.8 Å². The lowest BCUT2D eigenvalue weighted by Gasteiger charge is -2.10. The first-order valence-electron chi connectivity index (χ1n) is 7.60. The van der Waals surface area contributed by atoms with E-state index < -0.39 is 24.3 Å². The van der Waals surface area contributed by atoms with Crippen LogP contribution in [-0.2, 0) is 14.3 Å². The highest BCUT2D eigenvalue weighted by Crippen LogP contribution is 2.21. The number of esters is 1. The SMILES string of the molecule is Cc1ccc(C)c(OCC(=O)OCC(=O)[C@H](C#N)c2nc(C)cs2)c1. The van der Waals surface area contributed by atoms with Gasteiger partial charge in [0.25, 0.3) is 0 Å². The lowest BCUT2D eigenvalue weighted by atomic mass is 10.1. The minimum atomic E-state index is -1.02. The van der Waals surface area contributed by atoms with Gasteiger partial charge in [0.2, 0.25) is 0 Å². The van der Waals surface area contributed by atoms with Crippen molar-refractivity contribution in [1.29, 1.82) is 5.26 Å². The monoisotopic (exact) mass is 358 g/mol.